The third kappa shape index (κ3) is 6.48. The fourth-order valence-corrected chi connectivity index (χ4v) is 1.83. The van der Waals surface area contributed by atoms with Crippen molar-refractivity contribution in [3.8, 4) is 0 Å². The largest absolute Gasteiger partial charge is 0.396 e. The molecule has 1 atom stereocenters. The number of unbranched alkanes of at least 4 members (excludes halogenated alkanes) is 1. The Bertz CT molecular complexity index is 244. The highest BCUT2D eigenvalue weighted by Gasteiger charge is 2.41. The molecule has 0 aromatic rings. The van der Waals surface area contributed by atoms with Gasteiger partial charge >= 0.3 is 0 Å². The van der Waals surface area contributed by atoms with Gasteiger partial charge in [0, 0.05) is 0 Å². The van der Waals surface area contributed by atoms with E-state index < -0.39 is 5.97 Å². The number of aliphatic hydroxyl groups excluding tert-OH is 1. The van der Waals surface area contributed by atoms with E-state index in [4.69, 9.17) is 14.2 Å². The molecule has 0 aliphatic carbocycles. The van der Waals surface area contributed by atoms with Crippen molar-refractivity contribution in [2.45, 2.75) is 32.2 Å². The van der Waals surface area contributed by atoms with Crippen molar-refractivity contribution in [3.63, 3.8) is 0 Å². The van der Waals surface area contributed by atoms with Crippen molar-refractivity contribution < 1.29 is 19.3 Å². The Labute approximate surface area is 122 Å². The normalized spacial score (nSPS) is 12.9. The van der Waals surface area contributed by atoms with Gasteiger partial charge < -0.3 is 19.3 Å². The molecule has 1 unspecified atom stereocenters. The third-order valence-electron chi connectivity index (χ3n) is 2.83. The smallest absolute Gasteiger partial charge is 0.289 e. The summed E-state index contributed by atoms with van der Waals surface area (Å²) in [5.74, 6) is -1.57. The Morgan fingerprint density at radius 1 is 1.00 bits per heavy atom. The van der Waals surface area contributed by atoms with Crippen molar-refractivity contribution in [2.75, 3.05) is 26.4 Å². The van der Waals surface area contributed by atoms with E-state index in [2.05, 4.69) is 26.7 Å². The highest BCUT2D eigenvalue weighted by atomic mass is 16.9. The van der Waals surface area contributed by atoms with Gasteiger partial charge in [-0.3, -0.25) is 0 Å². The highest BCUT2D eigenvalue weighted by Crippen LogP contribution is 2.30. The van der Waals surface area contributed by atoms with Gasteiger partial charge in [-0.05, 0) is 6.42 Å². The van der Waals surface area contributed by atoms with E-state index in [-0.39, 0.29) is 32.3 Å². The van der Waals surface area contributed by atoms with Crippen LogP contribution in [0.5, 0.6) is 0 Å². The number of hydrogen-bond donors (Lipinski definition) is 1. The molecule has 1 N–H and O–H groups in total. The van der Waals surface area contributed by atoms with Crippen molar-refractivity contribution in [2.24, 2.45) is 5.92 Å². The van der Waals surface area contributed by atoms with Crippen molar-refractivity contribution in [1.82, 2.24) is 0 Å². The van der Waals surface area contributed by atoms with Gasteiger partial charge in [-0.25, -0.2) is 0 Å². The molecule has 4 heteroatoms. The highest BCUT2D eigenvalue weighted by molar-refractivity contribution is 4.78. The maximum Gasteiger partial charge on any atom is 0.289 e. The van der Waals surface area contributed by atoms with Crippen LogP contribution in [0.4, 0.5) is 0 Å². The van der Waals surface area contributed by atoms with E-state index in [0.29, 0.717) is 0 Å². The Morgan fingerprint density at radius 2 is 1.45 bits per heavy atom. The quantitative estimate of drug-likeness (QED) is 0.393. The first-order valence-corrected chi connectivity index (χ1v) is 7.06. The predicted octanol–water partition coefficient (Wildman–Crippen LogP) is 3.05. The third-order valence-corrected chi connectivity index (χ3v) is 2.83. The van der Waals surface area contributed by atoms with Crippen molar-refractivity contribution >= 4 is 0 Å². The summed E-state index contributed by atoms with van der Waals surface area (Å²) in [6.45, 7) is 13.7. The minimum atomic E-state index is -1.29. The maximum absolute atomic E-state index is 9.67. The van der Waals surface area contributed by atoms with Gasteiger partial charge in [-0.15, -0.1) is 19.7 Å². The average molecular weight is 284 g/mol. The van der Waals surface area contributed by atoms with Gasteiger partial charge in [0.05, 0.1) is 32.3 Å². The molecule has 0 amide bonds. The summed E-state index contributed by atoms with van der Waals surface area (Å²) in [5, 5.41) is 9.67. The van der Waals surface area contributed by atoms with E-state index in [1.807, 2.05) is 0 Å². The summed E-state index contributed by atoms with van der Waals surface area (Å²) < 4.78 is 17.1. The summed E-state index contributed by atoms with van der Waals surface area (Å²) in [7, 11) is 0. The van der Waals surface area contributed by atoms with E-state index in [9.17, 15) is 5.11 Å². The van der Waals surface area contributed by atoms with Crippen LogP contribution in [0.2, 0.25) is 0 Å². The standard InChI is InChI=1S/C16H28O4/c1-5-9-10-15(14-17)16(18-11-6-2,19-12-7-3)20-13-8-4/h6-8,15,17H,2-5,9-14H2,1H3. The lowest BCUT2D eigenvalue weighted by atomic mass is 10.00. The lowest BCUT2D eigenvalue weighted by Gasteiger charge is -2.38. The van der Waals surface area contributed by atoms with Crippen LogP contribution in [-0.4, -0.2) is 37.5 Å². The molecule has 0 aliphatic heterocycles. The van der Waals surface area contributed by atoms with Gasteiger partial charge in [0.25, 0.3) is 5.97 Å². The first-order valence-electron chi connectivity index (χ1n) is 7.06. The zero-order chi connectivity index (χ0) is 15.3. The van der Waals surface area contributed by atoms with Crippen LogP contribution in [0.15, 0.2) is 38.0 Å². The Morgan fingerprint density at radius 3 is 1.75 bits per heavy atom. The summed E-state index contributed by atoms with van der Waals surface area (Å²) in [4.78, 5) is 0. The van der Waals surface area contributed by atoms with Crippen LogP contribution in [-0.2, 0) is 14.2 Å². The van der Waals surface area contributed by atoms with E-state index in [1.54, 1.807) is 18.2 Å². The van der Waals surface area contributed by atoms with Gasteiger partial charge in [0.1, 0.15) is 0 Å². The number of ether oxygens (including phenoxy) is 3. The second-order valence-corrected chi connectivity index (χ2v) is 4.42. The first kappa shape index (κ1) is 19.1. The molecule has 0 aromatic heterocycles. The zero-order valence-electron chi connectivity index (χ0n) is 12.6. The van der Waals surface area contributed by atoms with Crippen molar-refractivity contribution in [1.29, 1.82) is 0 Å². The molecule has 0 heterocycles. The fourth-order valence-electron chi connectivity index (χ4n) is 1.83. The molecule has 0 fully saturated rings. The summed E-state index contributed by atoms with van der Waals surface area (Å²) in [5.41, 5.74) is 0. The molecule has 116 valence electrons. The second-order valence-electron chi connectivity index (χ2n) is 4.42. The Kier molecular flexibility index (Phi) is 11.3. The molecular formula is C16H28O4. The molecular weight excluding hydrogens is 256 g/mol. The topological polar surface area (TPSA) is 47.9 Å². The van der Waals surface area contributed by atoms with E-state index in [0.717, 1.165) is 19.3 Å². The summed E-state index contributed by atoms with van der Waals surface area (Å²) in [6, 6.07) is 0. The van der Waals surface area contributed by atoms with E-state index >= 15 is 0 Å². The van der Waals surface area contributed by atoms with Gasteiger partial charge in [-0.2, -0.15) is 0 Å². The lowest BCUT2D eigenvalue weighted by molar-refractivity contribution is -0.399. The van der Waals surface area contributed by atoms with Gasteiger partial charge in [-0.1, -0.05) is 38.0 Å². The molecule has 0 saturated carbocycles. The average Bonchev–Trinajstić information content (AvgIpc) is 2.48. The second kappa shape index (κ2) is 11.9. The van der Waals surface area contributed by atoms with Crippen molar-refractivity contribution in [3.05, 3.63) is 38.0 Å². The minimum absolute atomic E-state index is 0.0779. The molecule has 0 spiro atoms. The maximum atomic E-state index is 9.67. The molecule has 20 heavy (non-hydrogen) atoms. The Balaban J connectivity index is 5.08. The molecule has 0 saturated heterocycles. The summed E-state index contributed by atoms with van der Waals surface area (Å²) >= 11 is 0. The Hall–Kier alpha value is -0.940. The SMILES string of the molecule is C=CCOC(OCC=C)(OCC=C)C(CO)CCCC. The number of aliphatic hydroxyl groups is 1. The molecule has 0 aliphatic rings. The van der Waals surface area contributed by atoms with Crippen LogP contribution in [0.25, 0.3) is 0 Å². The predicted molar refractivity (Wildman–Crippen MR) is 81.3 cm³/mol. The molecule has 0 aromatic carbocycles. The van der Waals surface area contributed by atoms with Crippen LogP contribution >= 0.6 is 0 Å². The molecule has 0 rings (SSSR count). The molecule has 0 bridgehead atoms. The monoisotopic (exact) mass is 284 g/mol. The lowest BCUT2D eigenvalue weighted by Crippen LogP contribution is -2.48. The van der Waals surface area contributed by atoms with E-state index in [1.165, 1.54) is 0 Å². The number of rotatable bonds is 14. The fraction of sp³-hybridized carbons (Fsp3) is 0.625. The first-order chi connectivity index (χ1) is 9.70. The number of hydrogen-bond acceptors (Lipinski definition) is 4. The van der Waals surface area contributed by atoms with Crippen LogP contribution in [0, 0.1) is 5.92 Å². The van der Waals surface area contributed by atoms with Crippen LogP contribution < -0.4 is 0 Å². The molecule has 0 radical (unpaired) electrons. The minimum Gasteiger partial charge on any atom is -0.396 e. The van der Waals surface area contributed by atoms with Crippen LogP contribution in [0.1, 0.15) is 26.2 Å². The zero-order valence-corrected chi connectivity index (χ0v) is 12.6. The van der Waals surface area contributed by atoms with Gasteiger partial charge in [0.15, 0.2) is 0 Å². The van der Waals surface area contributed by atoms with Crippen LogP contribution in [0.3, 0.4) is 0 Å². The molecule has 4 nitrogen and oxygen atoms in total. The van der Waals surface area contributed by atoms with Gasteiger partial charge in [0.2, 0.25) is 0 Å². The summed E-state index contributed by atoms with van der Waals surface area (Å²) in [6.07, 6.45) is 7.60.